The second-order valence-electron chi connectivity index (χ2n) is 7.44. The lowest BCUT2D eigenvalue weighted by molar-refractivity contribution is -0.136. The highest BCUT2D eigenvalue weighted by atomic mass is 35.5. The third-order valence-electron chi connectivity index (χ3n) is 5.06. The van der Waals surface area contributed by atoms with E-state index in [0.29, 0.717) is 29.2 Å². The SMILES string of the molecule is COC(=O)C1=C2CC(N(SC)C(C)C)CN2C(c2nccs2)=NC1.Fc1cccc(Cl)c1. The number of thiazole rings is 1. The molecule has 32 heavy (non-hydrogen) atoms. The Balaban J connectivity index is 0.000000305. The zero-order chi connectivity index (χ0) is 23.3. The van der Waals surface area contributed by atoms with E-state index in [9.17, 15) is 9.18 Å². The third kappa shape index (κ3) is 5.70. The molecular weight excluding hydrogens is 471 g/mol. The lowest BCUT2D eigenvalue weighted by Crippen LogP contribution is -2.39. The van der Waals surface area contributed by atoms with Gasteiger partial charge in [-0.3, -0.25) is 4.99 Å². The zero-order valence-corrected chi connectivity index (χ0v) is 20.8. The fourth-order valence-electron chi connectivity index (χ4n) is 3.78. The van der Waals surface area contributed by atoms with Crippen LogP contribution in [-0.2, 0) is 9.53 Å². The lowest BCUT2D eigenvalue weighted by atomic mass is 10.1. The maximum atomic E-state index is 12.2. The molecule has 0 radical (unpaired) electrons. The minimum atomic E-state index is -0.294. The normalized spacial score (nSPS) is 17.8. The van der Waals surface area contributed by atoms with E-state index >= 15 is 0 Å². The molecule has 0 amide bonds. The summed E-state index contributed by atoms with van der Waals surface area (Å²) in [7, 11) is 1.43. The Hall–Kier alpha value is -1.94. The number of hydrogen-bond donors (Lipinski definition) is 0. The molecule has 10 heteroatoms. The van der Waals surface area contributed by atoms with Crippen LogP contribution in [0.2, 0.25) is 5.02 Å². The number of methoxy groups -OCH3 is 1. The van der Waals surface area contributed by atoms with E-state index in [1.807, 2.05) is 5.38 Å². The molecule has 172 valence electrons. The molecule has 1 saturated heterocycles. The molecule has 0 aliphatic carbocycles. The fourth-order valence-corrected chi connectivity index (χ4v) is 5.47. The van der Waals surface area contributed by atoms with Crippen LogP contribution in [-0.4, -0.2) is 64.5 Å². The molecule has 1 unspecified atom stereocenters. The number of halogens is 2. The summed E-state index contributed by atoms with van der Waals surface area (Å²) in [6.07, 6.45) is 4.72. The molecule has 4 rings (SSSR count). The number of ether oxygens (including phenoxy) is 1. The van der Waals surface area contributed by atoms with Gasteiger partial charge in [-0.15, -0.1) is 11.3 Å². The summed E-state index contributed by atoms with van der Waals surface area (Å²) in [5.74, 6) is 0.301. The third-order valence-corrected chi connectivity index (χ3v) is 7.21. The van der Waals surface area contributed by atoms with E-state index < -0.39 is 0 Å². The summed E-state index contributed by atoms with van der Waals surface area (Å²) in [4.78, 5) is 23.4. The molecule has 0 bridgehead atoms. The van der Waals surface area contributed by atoms with Crippen LogP contribution in [0.25, 0.3) is 0 Å². The van der Waals surface area contributed by atoms with Crippen LogP contribution in [0.1, 0.15) is 25.3 Å². The second-order valence-corrected chi connectivity index (χ2v) is 9.56. The van der Waals surface area contributed by atoms with Crippen LogP contribution in [0, 0.1) is 5.82 Å². The van der Waals surface area contributed by atoms with E-state index in [-0.39, 0.29) is 11.8 Å². The number of aromatic nitrogens is 1. The van der Waals surface area contributed by atoms with Crippen molar-refractivity contribution in [2.45, 2.75) is 32.4 Å². The molecule has 0 saturated carbocycles. The van der Waals surface area contributed by atoms with E-state index in [1.165, 1.54) is 19.2 Å². The Bertz CT molecular complexity index is 980. The van der Waals surface area contributed by atoms with Crippen LogP contribution >= 0.6 is 34.9 Å². The highest BCUT2D eigenvalue weighted by molar-refractivity contribution is 7.96. The van der Waals surface area contributed by atoms with Gasteiger partial charge in [-0.1, -0.05) is 29.6 Å². The maximum absolute atomic E-state index is 12.2. The second kappa shape index (κ2) is 11.3. The predicted molar refractivity (Wildman–Crippen MR) is 130 cm³/mol. The molecular formula is C22H26ClFN4O2S2. The first-order valence-electron chi connectivity index (χ1n) is 10.1. The molecule has 2 aliphatic heterocycles. The van der Waals surface area contributed by atoms with Crippen molar-refractivity contribution in [1.29, 1.82) is 0 Å². The number of fused-ring (bicyclic) bond motifs is 1. The first-order chi connectivity index (χ1) is 15.3. The monoisotopic (exact) mass is 496 g/mol. The molecule has 1 aromatic carbocycles. The minimum Gasteiger partial charge on any atom is -0.466 e. The van der Waals surface area contributed by atoms with Gasteiger partial charge in [-0.2, -0.15) is 0 Å². The quantitative estimate of drug-likeness (QED) is 0.434. The number of rotatable bonds is 5. The molecule has 6 nitrogen and oxygen atoms in total. The molecule has 1 atom stereocenters. The minimum absolute atomic E-state index is 0.280. The summed E-state index contributed by atoms with van der Waals surface area (Å²) in [6.45, 7) is 5.56. The van der Waals surface area contributed by atoms with Gasteiger partial charge in [0, 0.05) is 47.3 Å². The number of carbonyl (C=O) groups excluding carboxylic acids is 1. The maximum Gasteiger partial charge on any atom is 0.337 e. The molecule has 0 spiro atoms. The molecule has 0 N–H and O–H groups in total. The number of amidine groups is 1. The Morgan fingerprint density at radius 2 is 2.22 bits per heavy atom. The largest absolute Gasteiger partial charge is 0.466 e. The Kier molecular flexibility index (Phi) is 8.70. The summed E-state index contributed by atoms with van der Waals surface area (Å²) in [5.41, 5.74) is 1.71. The van der Waals surface area contributed by atoms with Crippen molar-refractivity contribution in [3.05, 3.63) is 63.0 Å². The topological polar surface area (TPSA) is 58.0 Å². The standard InChI is InChI=1S/C16H22N4O2S2.C6H4ClF/c1-10(2)20(23-4)11-7-13-12(16(21)22-3)8-18-14(19(13)9-11)15-17-5-6-24-15;7-5-2-1-3-6(8)4-5/h5-6,10-11H,7-9H2,1-4H3;1-4H. The zero-order valence-electron chi connectivity index (χ0n) is 18.4. The van der Waals surface area contributed by atoms with Crippen molar-refractivity contribution in [1.82, 2.24) is 14.2 Å². The predicted octanol–water partition coefficient (Wildman–Crippen LogP) is 4.87. The van der Waals surface area contributed by atoms with Gasteiger partial charge >= 0.3 is 5.97 Å². The summed E-state index contributed by atoms with van der Waals surface area (Å²) in [6, 6.07) is 6.57. The van der Waals surface area contributed by atoms with Crippen molar-refractivity contribution in [2.75, 3.05) is 26.5 Å². The molecule has 1 fully saturated rings. The molecule has 3 heterocycles. The highest BCUT2D eigenvalue weighted by Gasteiger charge is 2.40. The van der Waals surface area contributed by atoms with E-state index in [0.717, 1.165) is 29.5 Å². The average Bonchev–Trinajstić information content (AvgIpc) is 3.43. The number of benzene rings is 1. The van der Waals surface area contributed by atoms with Crippen LogP contribution in [0.5, 0.6) is 0 Å². The Labute approximate surface area is 201 Å². The van der Waals surface area contributed by atoms with Gasteiger partial charge in [0.1, 0.15) is 5.82 Å². The van der Waals surface area contributed by atoms with Crippen LogP contribution in [0.3, 0.4) is 0 Å². The number of hydrogen-bond acceptors (Lipinski definition) is 8. The van der Waals surface area contributed by atoms with Gasteiger partial charge in [-0.25, -0.2) is 18.5 Å². The average molecular weight is 497 g/mol. The Morgan fingerprint density at radius 3 is 2.75 bits per heavy atom. The number of aliphatic imine (C=N–C) groups is 1. The van der Waals surface area contributed by atoms with Gasteiger partial charge in [0.2, 0.25) is 0 Å². The van der Waals surface area contributed by atoms with E-state index in [1.54, 1.807) is 41.6 Å². The smallest absolute Gasteiger partial charge is 0.337 e. The van der Waals surface area contributed by atoms with Crippen molar-refractivity contribution < 1.29 is 13.9 Å². The van der Waals surface area contributed by atoms with Gasteiger partial charge in [-0.05, 0) is 38.3 Å². The van der Waals surface area contributed by atoms with Gasteiger partial charge in [0.05, 0.1) is 19.2 Å². The van der Waals surface area contributed by atoms with E-state index in [4.69, 9.17) is 16.3 Å². The fraction of sp³-hybridized carbons (Fsp3) is 0.409. The van der Waals surface area contributed by atoms with Crippen molar-refractivity contribution in [3.8, 4) is 0 Å². The molecule has 2 aliphatic rings. The first-order valence-corrected chi connectivity index (χ1v) is 12.5. The van der Waals surface area contributed by atoms with Crippen LogP contribution in [0.4, 0.5) is 4.39 Å². The van der Waals surface area contributed by atoms with Gasteiger partial charge in [0.15, 0.2) is 10.8 Å². The molecule has 2 aromatic rings. The number of nitrogens with zero attached hydrogens (tertiary/aromatic N) is 4. The molecule has 1 aromatic heterocycles. The summed E-state index contributed by atoms with van der Waals surface area (Å²) < 4.78 is 19.4. The summed E-state index contributed by atoms with van der Waals surface area (Å²) in [5, 5.41) is 3.29. The van der Waals surface area contributed by atoms with E-state index in [2.05, 4.69) is 39.3 Å². The van der Waals surface area contributed by atoms with Crippen molar-refractivity contribution in [3.63, 3.8) is 0 Å². The van der Waals surface area contributed by atoms with Gasteiger partial charge in [0.25, 0.3) is 0 Å². The van der Waals surface area contributed by atoms with Crippen LogP contribution in [0.15, 0.2) is 52.1 Å². The Morgan fingerprint density at radius 1 is 1.44 bits per heavy atom. The van der Waals surface area contributed by atoms with Gasteiger partial charge < -0.3 is 9.64 Å². The number of esters is 1. The van der Waals surface area contributed by atoms with Crippen molar-refractivity contribution >= 4 is 46.7 Å². The number of carbonyl (C=O) groups is 1. The first kappa shape index (κ1) is 24.7. The summed E-state index contributed by atoms with van der Waals surface area (Å²) >= 11 is 8.73. The highest BCUT2D eigenvalue weighted by Crippen LogP contribution is 2.35. The van der Waals surface area contributed by atoms with Crippen LogP contribution < -0.4 is 0 Å². The lowest BCUT2D eigenvalue weighted by Gasteiger charge is -2.30. The van der Waals surface area contributed by atoms with Crippen molar-refractivity contribution in [2.24, 2.45) is 4.99 Å².